The molecular formula is C18H15F2N3O6S. The van der Waals surface area contributed by atoms with Crippen LogP contribution in [0.4, 0.5) is 13.6 Å². The van der Waals surface area contributed by atoms with Gasteiger partial charge in [-0.05, 0) is 24.6 Å². The minimum absolute atomic E-state index is 0.120. The Morgan fingerprint density at radius 2 is 2.10 bits per heavy atom. The number of halogens is 2. The quantitative estimate of drug-likeness (QED) is 0.687. The fourth-order valence-corrected chi connectivity index (χ4v) is 3.96. The van der Waals surface area contributed by atoms with Crippen molar-refractivity contribution >= 4 is 29.2 Å². The Labute approximate surface area is 172 Å². The minimum Gasteiger partial charge on any atom is -0.480 e. The van der Waals surface area contributed by atoms with Crippen LogP contribution in [0, 0.1) is 5.92 Å². The van der Waals surface area contributed by atoms with E-state index in [1.807, 2.05) is 0 Å². The summed E-state index contributed by atoms with van der Waals surface area (Å²) < 4.78 is 35.0. The number of nitrogens with zero attached hydrogens (tertiary/aromatic N) is 2. The van der Waals surface area contributed by atoms with E-state index in [0.717, 1.165) is 0 Å². The lowest BCUT2D eigenvalue weighted by atomic mass is 9.84. The predicted molar refractivity (Wildman–Crippen MR) is 97.2 cm³/mol. The minimum atomic E-state index is -3.77. The van der Waals surface area contributed by atoms with Crippen LogP contribution in [0.5, 0.6) is 11.5 Å². The van der Waals surface area contributed by atoms with Gasteiger partial charge in [-0.2, -0.15) is 0 Å². The zero-order valence-electron chi connectivity index (χ0n) is 15.4. The van der Waals surface area contributed by atoms with Gasteiger partial charge in [0.2, 0.25) is 5.91 Å². The van der Waals surface area contributed by atoms with Crippen LogP contribution in [-0.4, -0.2) is 45.2 Å². The molecule has 1 fully saturated rings. The summed E-state index contributed by atoms with van der Waals surface area (Å²) in [5, 5.41) is 13.7. The maximum absolute atomic E-state index is 13.2. The number of carbonyl (C=O) groups is 3. The molecule has 3 atom stereocenters. The van der Waals surface area contributed by atoms with E-state index in [0.29, 0.717) is 16.2 Å². The van der Waals surface area contributed by atoms with E-state index in [4.69, 9.17) is 0 Å². The molecule has 2 N–H and O–H groups in total. The third-order valence-electron chi connectivity index (χ3n) is 4.86. The molecule has 158 valence electrons. The van der Waals surface area contributed by atoms with Crippen LogP contribution in [0.1, 0.15) is 24.2 Å². The average Bonchev–Trinajstić information content (AvgIpc) is 3.27. The number of amides is 3. The van der Waals surface area contributed by atoms with E-state index in [1.165, 1.54) is 29.5 Å². The fraction of sp³-hybridized carbons (Fsp3) is 0.333. The Bertz CT molecular complexity index is 1020. The maximum Gasteiger partial charge on any atom is 0.586 e. The molecule has 2 aliphatic rings. The molecule has 2 aromatic rings. The summed E-state index contributed by atoms with van der Waals surface area (Å²) in [6.45, 7) is 1.56. The molecule has 0 saturated carbocycles. The second-order valence-corrected chi connectivity index (χ2v) is 7.55. The van der Waals surface area contributed by atoms with Crippen molar-refractivity contribution in [2.75, 3.05) is 0 Å². The first-order valence-electron chi connectivity index (χ1n) is 8.79. The second-order valence-electron chi connectivity index (χ2n) is 6.83. The summed E-state index contributed by atoms with van der Waals surface area (Å²) in [6, 6.07) is 1.07. The first-order chi connectivity index (χ1) is 14.2. The summed E-state index contributed by atoms with van der Waals surface area (Å²) in [5.74, 6) is -3.15. The van der Waals surface area contributed by atoms with Gasteiger partial charge in [-0.1, -0.05) is 6.07 Å². The van der Waals surface area contributed by atoms with Crippen molar-refractivity contribution in [3.05, 3.63) is 40.3 Å². The van der Waals surface area contributed by atoms with Crippen LogP contribution in [0.15, 0.2) is 29.1 Å². The van der Waals surface area contributed by atoms with Crippen molar-refractivity contribution in [3.63, 3.8) is 0 Å². The van der Waals surface area contributed by atoms with Crippen LogP contribution in [0.25, 0.3) is 0 Å². The number of rotatable bonds is 5. The van der Waals surface area contributed by atoms with E-state index < -0.39 is 42.2 Å². The van der Waals surface area contributed by atoms with E-state index in [2.05, 4.69) is 19.8 Å². The number of urea groups is 1. The number of carbonyl (C=O) groups excluding carboxylic acids is 2. The van der Waals surface area contributed by atoms with Gasteiger partial charge in [0.15, 0.2) is 17.5 Å². The number of hydrogen-bond donors (Lipinski definition) is 2. The van der Waals surface area contributed by atoms with Gasteiger partial charge in [0, 0.05) is 11.8 Å². The molecule has 0 spiro atoms. The van der Waals surface area contributed by atoms with Crippen LogP contribution in [0.3, 0.4) is 0 Å². The number of fused-ring (bicyclic) bond motifs is 1. The highest BCUT2D eigenvalue weighted by Gasteiger charge is 2.55. The van der Waals surface area contributed by atoms with Crippen molar-refractivity contribution in [1.82, 2.24) is 15.2 Å². The molecule has 1 aromatic carbocycles. The monoisotopic (exact) mass is 439 g/mol. The number of β-lactam (4-membered cyclic amide) rings is 1. The number of benzene rings is 1. The SMILES string of the molecule is C[C@@H](NC(=O)N1C(=O)[C@H](Cc2cscn2)[C@H]1C(=O)O)c1ccc2c(c1)OC(F)(F)O2. The van der Waals surface area contributed by atoms with Crippen molar-refractivity contribution < 1.29 is 37.7 Å². The van der Waals surface area contributed by atoms with E-state index in [-0.39, 0.29) is 17.9 Å². The molecule has 0 aliphatic carbocycles. The van der Waals surface area contributed by atoms with Crippen molar-refractivity contribution in [1.29, 1.82) is 0 Å². The fourth-order valence-electron chi connectivity index (χ4n) is 3.39. The van der Waals surface area contributed by atoms with Gasteiger partial charge in [0.05, 0.1) is 23.2 Å². The van der Waals surface area contributed by atoms with Crippen molar-refractivity contribution in [3.8, 4) is 11.5 Å². The molecule has 0 unspecified atom stereocenters. The van der Waals surface area contributed by atoms with Gasteiger partial charge in [0.1, 0.15) is 0 Å². The smallest absolute Gasteiger partial charge is 0.480 e. The Morgan fingerprint density at radius 1 is 1.37 bits per heavy atom. The number of nitrogens with one attached hydrogen (secondary N) is 1. The lowest BCUT2D eigenvalue weighted by molar-refractivity contribution is -0.286. The summed E-state index contributed by atoms with van der Waals surface area (Å²) in [6.07, 6.45) is -3.65. The number of ether oxygens (including phenoxy) is 2. The summed E-state index contributed by atoms with van der Waals surface area (Å²) >= 11 is 1.32. The van der Waals surface area contributed by atoms with Gasteiger partial charge in [-0.25, -0.2) is 19.5 Å². The van der Waals surface area contributed by atoms with Crippen LogP contribution < -0.4 is 14.8 Å². The molecule has 9 nitrogen and oxygen atoms in total. The molecule has 30 heavy (non-hydrogen) atoms. The largest absolute Gasteiger partial charge is 0.586 e. The maximum atomic E-state index is 13.2. The first-order valence-corrected chi connectivity index (χ1v) is 9.74. The normalized spacial score (nSPS) is 22.4. The molecule has 3 heterocycles. The molecule has 1 aromatic heterocycles. The Balaban J connectivity index is 1.44. The number of aromatic nitrogens is 1. The number of likely N-dealkylation sites (tertiary alicyclic amines) is 1. The van der Waals surface area contributed by atoms with Crippen molar-refractivity contribution in [2.45, 2.75) is 31.7 Å². The van der Waals surface area contributed by atoms with E-state index >= 15 is 0 Å². The van der Waals surface area contributed by atoms with Gasteiger partial charge in [-0.15, -0.1) is 20.1 Å². The highest BCUT2D eigenvalue weighted by molar-refractivity contribution is 7.07. The highest BCUT2D eigenvalue weighted by atomic mass is 32.1. The standard InChI is InChI=1S/C18H15F2N3O6S/c1-8(9-2-3-12-13(4-9)29-18(19,20)28-12)22-17(27)23-14(16(25)26)11(15(23)24)5-10-6-30-7-21-10/h2-4,6-8,11,14H,5H2,1H3,(H,22,27)(H,25,26)/t8-,11-,14+/m1/s1. The summed E-state index contributed by atoms with van der Waals surface area (Å²) in [4.78, 5) is 41.3. The predicted octanol–water partition coefficient (Wildman–Crippen LogP) is 2.39. The van der Waals surface area contributed by atoms with Crippen LogP contribution in [0.2, 0.25) is 0 Å². The Kier molecular flexibility index (Phi) is 4.80. The molecule has 12 heteroatoms. The molecule has 3 amide bonds. The molecular weight excluding hydrogens is 424 g/mol. The topological polar surface area (TPSA) is 118 Å². The zero-order chi connectivity index (χ0) is 21.6. The Hall–Kier alpha value is -3.28. The number of carboxylic acid groups (broad SMARTS) is 1. The number of aliphatic carboxylic acids is 1. The molecule has 1 saturated heterocycles. The number of thiazole rings is 1. The molecule has 0 radical (unpaired) electrons. The first kappa shape index (κ1) is 20.0. The lowest BCUT2D eigenvalue weighted by Gasteiger charge is -2.43. The molecule has 0 bridgehead atoms. The van der Waals surface area contributed by atoms with Crippen molar-refractivity contribution in [2.24, 2.45) is 5.92 Å². The zero-order valence-corrected chi connectivity index (χ0v) is 16.2. The van der Waals surface area contributed by atoms with E-state index in [9.17, 15) is 28.3 Å². The van der Waals surface area contributed by atoms with Crippen LogP contribution in [-0.2, 0) is 16.0 Å². The summed E-state index contributed by atoms with van der Waals surface area (Å²) in [5.41, 5.74) is 2.55. The van der Waals surface area contributed by atoms with Gasteiger partial charge in [0.25, 0.3) is 0 Å². The molecule has 2 aliphatic heterocycles. The van der Waals surface area contributed by atoms with Gasteiger partial charge >= 0.3 is 18.3 Å². The molecule has 4 rings (SSSR count). The number of carboxylic acids is 1. The van der Waals surface area contributed by atoms with E-state index in [1.54, 1.807) is 17.8 Å². The lowest BCUT2D eigenvalue weighted by Crippen LogP contribution is -2.68. The highest BCUT2D eigenvalue weighted by Crippen LogP contribution is 2.42. The third kappa shape index (κ3) is 3.54. The van der Waals surface area contributed by atoms with Gasteiger partial charge < -0.3 is 19.9 Å². The number of imide groups is 1. The van der Waals surface area contributed by atoms with Gasteiger partial charge in [-0.3, -0.25) is 4.79 Å². The second kappa shape index (κ2) is 7.20. The summed E-state index contributed by atoms with van der Waals surface area (Å²) in [7, 11) is 0. The number of alkyl halides is 2. The number of hydrogen-bond acceptors (Lipinski definition) is 7. The van der Waals surface area contributed by atoms with Crippen LogP contribution >= 0.6 is 11.3 Å². The average molecular weight is 439 g/mol. The third-order valence-corrected chi connectivity index (χ3v) is 5.50. The Morgan fingerprint density at radius 3 is 2.77 bits per heavy atom.